The second kappa shape index (κ2) is 6.39. The standard InChI is InChI=1S/C17H21N3O/c1-5-14-8-6-7-9-16(14)18-17(21)11-10-15-12(2)19-20(4)13(15)3/h6-11H,5H2,1-4H3,(H,18,21)/b11-10+. The molecule has 2 rings (SSSR count). The molecule has 110 valence electrons. The summed E-state index contributed by atoms with van der Waals surface area (Å²) in [4.78, 5) is 12.1. The van der Waals surface area contributed by atoms with Gasteiger partial charge in [0, 0.05) is 30.1 Å². The Bertz CT molecular complexity index is 683. The molecular weight excluding hydrogens is 262 g/mol. The van der Waals surface area contributed by atoms with E-state index in [-0.39, 0.29) is 5.91 Å². The van der Waals surface area contributed by atoms with Crippen LogP contribution in [0.3, 0.4) is 0 Å². The molecule has 1 amide bonds. The van der Waals surface area contributed by atoms with Crippen LogP contribution >= 0.6 is 0 Å². The van der Waals surface area contributed by atoms with Gasteiger partial charge in [0.25, 0.3) is 0 Å². The maximum atomic E-state index is 12.1. The Morgan fingerprint density at radius 1 is 1.33 bits per heavy atom. The first-order valence-electron chi connectivity index (χ1n) is 7.10. The number of hydrogen-bond acceptors (Lipinski definition) is 2. The second-order valence-electron chi connectivity index (χ2n) is 5.04. The van der Waals surface area contributed by atoms with E-state index in [1.165, 1.54) is 0 Å². The van der Waals surface area contributed by atoms with Crippen molar-refractivity contribution in [3.63, 3.8) is 0 Å². The third-order valence-corrected chi connectivity index (χ3v) is 3.62. The van der Waals surface area contributed by atoms with E-state index in [4.69, 9.17) is 0 Å². The van der Waals surface area contributed by atoms with Crippen LogP contribution in [0.4, 0.5) is 5.69 Å². The fourth-order valence-electron chi connectivity index (χ4n) is 2.32. The van der Waals surface area contributed by atoms with Crippen molar-refractivity contribution < 1.29 is 4.79 Å². The van der Waals surface area contributed by atoms with Gasteiger partial charge >= 0.3 is 0 Å². The quantitative estimate of drug-likeness (QED) is 0.876. The first kappa shape index (κ1) is 15.0. The van der Waals surface area contributed by atoms with Gasteiger partial charge in [-0.15, -0.1) is 0 Å². The van der Waals surface area contributed by atoms with Crippen molar-refractivity contribution >= 4 is 17.7 Å². The molecule has 0 aliphatic carbocycles. The highest BCUT2D eigenvalue weighted by atomic mass is 16.1. The van der Waals surface area contributed by atoms with Gasteiger partial charge in [-0.1, -0.05) is 25.1 Å². The lowest BCUT2D eigenvalue weighted by molar-refractivity contribution is -0.111. The summed E-state index contributed by atoms with van der Waals surface area (Å²) in [5.41, 5.74) is 4.97. The van der Waals surface area contributed by atoms with Crippen LogP contribution in [0.1, 0.15) is 29.4 Å². The van der Waals surface area contributed by atoms with E-state index in [0.29, 0.717) is 0 Å². The minimum absolute atomic E-state index is 0.126. The number of nitrogens with one attached hydrogen (secondary N) is 1. The molecule has 21 heavy (non-hydrogen) atoms. The highest BCUT2D eigenvalue weighted by Gasteiger charge is 2.07. The molecule has 0 saturated carbocycles. The smallest absolute Gasteiger partial charge is 0.248 e. The summed E-state index contributed by atoms with van der Waals surface area (Å²) >= 11 is 0. The molecule has 0 unspecified atom stereocenters. The van der Waals surface area contributed by atoms with E-state index in [0.717, 1.165) is 34.6 Å². The molecule has 0 radical (unpaired) electrons. The molecule has 1 aromatic heterocycles. The average Bonchev–Trinajstić information content (AvgIpc) is 2.71. The minimum Gasteiger partial charge on any atom is -0.322 e. The Morgan fingerprint density at radius 2 is 2.05 bits per heavy atom. The summed E-state index contributed by atoms with van der Waals surface area (Å²) in [5, 5.41) is 7.26. The number of carbonyl (C=O) groups is 1. The first-order valence-corrected chi connectivity index (χ1v) is 7.10. The van der Waals surface area contributed by atoms with Crippen molar-refractivity contribution in [3.8, 4) is 0 Å². The van der Waals surface area contributed by atoms with Crippen LogP contribution < -0.4 is 5.32 Å². The van der Waals surface area contributed by atoms with Crippen molar-refractivity contribution in [2.24, 2.45) is 7.05 Å². The Kier molecular flexibility index (Phi) is 4.58. The predicted octanol–water partition coefficient (Wildman–Crippen LogP) is 3.25. The summed E-state index contributed by atoms with van der Waals surface area (Å²) in [6, 6.07) is 7.85. The number of aryl methyl sites for hydroxylation is 3. The lowest BCUT2D eigenvalue weighted by Gasteiger charge is -2.07. The van der Waals surface area contributed by atoms with Gasteiger partial charge < -0.3 is 5.32 Å². The van der Waals surface area contributed by atoms with Crippen LogP contribution in [0.2, 0.25) is 0 Å². The number of benzene rings is 1. The Balaban J connectivity index is 2.13. The number of nitrogens with zero attached hydrogens (tertiary/aromatic N) is 2. The summed E-state index contributed by atoms with van der Waals surface area (Å²) in [6.07, 6.45) is 4.27. The van der Waals surface area contributed by atoms with Crippen LogP contribution in [0, 0.1) is 13.8 Å². The van der Waals surface area contributed by atoms with Crippen molar-refractivity contribution in [1.29, 1.82) is 0 Å². The molecule has 1 N–H and O–H groups in total. The van der Waals surface area contributed by atoms with Gasteiger partial charge in [0.05, 0.1) is 5.69 Å². The van der Waals surface area contributed by atoms with E-state index in [9.17, 15) is 4.79 Å². The second-order valence-corrected chi connectivity index (χ2v) is 5.04. The summed E-state index contributed by atoms with van der Waals surface area (Å²) in [6.45, 7) is 6.00. The summed E-state index contributed by atoms with van der Waals surface area (Å²) < 4.78 is 1.82. The number of aromatic nitrogens is 2. The number of carbonyl (C=O) groups excluding carboxylic acids is 1. The number of amides is 1. The number of para-hydroxylation sites is 1. The van der Waals surface area contributed by atoms with Gasteiger partial charge in [-0.2, -0.15) is 5.10 Å². The zero-order valence-corrected chi connectivity index (χ0v) is 13.0. The molecule has 1 heterocycles. The van der Waals surface area contributed by atoms with Gasteiger partial charge in [-0.3, -0.25) is 9.48 Å². The van der Waals surface area contributed by atoms with Crippen molar-refractivity contribution in [1.82, 2.24) is 9.78 Å². The van der Waals surface area contributed by atoms with E-state index >= 15 is 0 Å². The average molecular weight is 283 g/mol. The lowest BCUT2D eigenvalue weighted by Crippen LogP contribution is -2.09. The zero-order chi connectivity index (χ0) is 15.4. The molecule has 0 bridgehead atoms. The topological polar surface area (TPSA) is 46.9 Å². The highest BCUT2D eigenvalue weighted by molar-refractivity contribution is 6.02. The third kappa shape index (κ3) is 3.40. The molecule has 4 nitrogen and oxygen atoms in total. The Labute approximate surface area is 125 Å². The fraction of sp³-hybridized carbons (Fsp3) is 0.294. The van der Waals surface area contributed by atoms with Crippen LogP contribution in [-0.4, -0.2) is 15.7 Å². The molecule has 4 heteroatoms. The summed E-state index contributed by atoms with van der Waals surface area (Å²) in [7, 11) is 1.90. The molecular formula is C17H21N3O. The van der Waals surface area contributed by atoms with Crippen LogP contribution in [-0.2, 0) is 18.3 Å². The monoisotopic (exact) mass is 283 g/mol. The van der Waals surface area contributed by atoms with E-state index in [1.807, 2.05) is 55.9 Å². The lowest BCUT2D eigenvalue weighted by atomic mass is 10.1. The van der Waals surface area contributed by atoms with Gasteiger partial charge in [-0.05, 0) is 38.0 Å². The number of anilines is 1. The first-order chi connectivity index (χ1) is 10.0. The molecule has 1 aromatic carbocycles. The van der Waals surface area contributed by atoms with Gasteiger partial charge in [0.15, 0.2) is 0 Å². The van der Waals surface area contributed by atoms with Crippen LogP contribution in [0.25, 0.3) is 6.08 Å². The van der Waals surface area contributed by atoms with Crippen molar-refractivity contribution in [3.05, 3.63) is 52.9 Å². The molecule has 0 spiro atoms. The number of hydrogen-bond donors (Lipinski definition) is 1. The maximum absolute atomic E-state index is 12.1. The Hall–Kier alpha value is -2.36. The Morgan fingerprint density at radius 3 is 2.67 bits per heavy atom. The van der Waals surface area contributed by atoms with Gasteiger partial charge in [0.1, 0.15) is 0 Å². The third-order valence-electron chi connectivity index (χ3n) is 3.62. The van der Waals surface area contributed by atoms with Crippen molar-refractivity contribution in [2.75, 3.05) is 5.32 Å². The largest absolute Gasteiger partial charge is 0.322 e. The highest BCUT2D eigenvalue weighted by Crippen LogP contribution is 2.16. The fourth-order valence-corrected chi connectivity index (χ4v) is 2.32. The van der Waals surface area contributed by atoms with Crippen LogP contribution in [0.15, 0.2) is 30.3 Å². The van der Waals surface area contributed by atoms with Crippen molar-refractivity contribution in [2.45, 2.75) is 27.2 Å². The maximum Gasteiger partial charge on any atom is 0.248 e. The van der Waals surface area contributed by atoms with E-state index in [2.05, 4.69) is 17.3 Å². The summed E-state index contributed by atoms with van der Waals surface area (Å²) in [5.74, 6) is -0.126. The van der Waals surface area contributed by atoms with Gasteiger partial charge in [0.2, 0.25) is 5.91 Å². The molecule has 0 aliphatic rings. The van der Waals surface area contributed by atoms with E-state index < -0.39 is 0 Å². The molecule has 0 aliphatic heterocycles. The molecule has 0 fully saturated rings. The predicted molar refractivity (Wildman–Crippen MR) is 86.2 cm³/mol. The number of rotatable bonds is 4. The van der Waals surface area contributed by atoms with E-state index in [1.54, 1.807) is 6.08 Å². The molecule has 0 atom stereocenters. The zero-order valence-electron chi connectivity index (χ0n) is 13.0. The normalized spacial score (nSPS) is 11.0. The molecule has 0 saturated heterocycles. The SMILES string of the molecule is CCc1ccccc1NC(=O)/C=C/c1c(C)nn(C)c1C. The molecule has 2 aromatic rings. The van der Waals surface area contributed by atoms with Gasteiger partial charge in [-0.25, -0.2) is 0 Å². The van der Waals surface area contributed by atoms with Crippen LogP contribution in [0.5, 0.6) is 0 Å². The minimum atomic E-state index is -0.126.